The van der Waals surface area contributed by atoms with Crippen molar-refractivity contribution in [1.29, 1.82) is 0 Å². The Hall–Kier alpha value is -3.73. The monoisotopic (exact) mass is 739 g/mol. The van der Waals surface area contributed by atoms with Crippen molar-refractivity contribution in [1.82, 2.24) is 10.2 Å². The van der Waals surface area contributed by atoms with Gasteiger partial charge in [-0.15, -0.1) is 0 Å². The molecule has 0 aromatic heterocycles. The lowest BCUT2D eigenvalue weighted by Gasteiger charge is -2.35. The van der Waals surface area contributed by atoms with Gasteiger partial charge in [-0.3, -0.25) is 13.9 Å². The van der Waals surface area contributed by atoms with Crippen LogP contribution in [-0.2, 0) is 32.6 Å². The molecule has 0 heterocycles. The van der Waals surface area contributed by atoms with E-state index in [1.54, 1.807) is 18.2 Å². The van der Waals surface area contributed by atoms with E-state index in [1.807, 2.05) is 54.6 Å². The molecular formula is C36H36BrClFN3O4S. The van der Waals surface area contributed by atoms with Crippen LogP contribution in [0.2, 0.25) is 5.02 Å². The highest BCUT2D eigenvalue weighted by atomic mass is 79.9. The maximum Gasteiger partial charge on any atom is 0.264 e. The van der Waals surface area contributed by atoms with Crippen LogP contribution >= 0.6 is 27.5 Å². The van der Waals surface area contributed by atoms with Crippen molar-refractivity contribution in [2.75, 3.05) is 10.8 Å². The lowest BCUT2D eigenvalue weighted by atomic mass is 9.94. The minimum atomic E-state index is -4.32. The molecule has 2 amide bonds. The van der Waals surface area contributed by atoms with Crippen molar-refractivity contribution in [3.05, 3.63) is 130 Å². The molecule has 1 aliphatic rings. The molecule has 0 bridgehead atoms. The number of sulfonamides is 1. The number of carbonyl (C=O) groups excluding carboxylic acids is 2. The topological polar surface area (TPSA) is 86.8 Å². The summed E-state index contributed by atoms with van der Waals surface area (Å²) in [5.41, 5.74) is 1.61. The van der Waals surface area contributed by atoms with E-state index in [9.17, 15) is 22.4 Å². The zero-order valence-corrected chi connectivity index (χ0v) is 28.9. The highest BCUT2D eigenvalue weighted by Crippen LogP contribution is 2.29. The van der Waals surface area contributed by atoms with Crippen molar-refractivity contribution < 1.29 is 22.4 Å². The van der Waals surface area contributed by atoms with E-state index < -0.39 is 34.3 Å². The molecule has 47 heavy (non-hydrogen) atoms. The van der Waals surface area contributed by atoms with Gasteiger partial charge in [-0.25, -0.2) is 12.8 Å². The average molecular weight is 741 g/mol. The molecule has 1 fully saturated rings. The molecule has 1 saturated carbocycles. The zero-order chi connectivity index (χ0) is 33.4. The number of hydrogen-bond acceptors (Lipinski definition) is 4. The van der Waals surface area contributed by atoms with Crippen LogP contribution in [0.3, 0.4) is 0 Å². The Morgan fingerprint density at radius 3 is 2.19 bits per heavy atom. The number of nitrogens with zero attached hydrogens (tertiary/aromatic N) is 2. The first-order valence-corrected chi connectivity index (χ1v) is 18.1. The number of hydrogen-bond donors (Lipinski definition) is 1. The Kier molecular flexibility index (Phi) is 11.7. The van der Waals surface area contributed by atoms with Gasteiger partial charge in [0, 0.05) is 23.5 Å². The molecule has 1 atom stereocenters. The smallest absolute Gasteiger partial charge is 0.264 e. The van der Waals surface area contributed by atoms with Crippen LogP contribution in [0.15, 0.2) is 112 Å². The quantitative estimate of drug-likeness (QED) is 0.163. The molecule has 0 saturated heterocycles. The second-order valence-corrected chi connectivity index (χ2v) is 14.8. The molecule has 4 aromatic rings. The molecule has 7 nitrogen and oxygen atoms in total. The third-order valence-electron chi connectivity index (χ3n) is 8.27. The summed E-state index contributed by atoms with van der Waals surface area (Å²) >= 11 is 9.60. The number of nitrogens with one attached hydrogen (secondary N) is 1. The fraction of sp³-hybridized carbons (Fsp3) is 0.278. The fourth-order valence-electron chi connectivity index (χ4n) is 5.82. The van der Waals surface area contributed by atoms with Crippen molar-refractivity contribution in [2.24, 2.45) is 0 Å². The Morgan fingerprint density at radius 1 is 0.872 bits per heavy atom. The number of benzene rings is 4. The van der Waals surface area contributed by atoms with Crippen molar-refractivity contribution >= 4 is 55.1 Å². The summed E-state index contributed by atoms with van der Waals surface area (Å²) in [6.07, 6.45) is 5.08. The zero-order valence-electron chi connectivity index (χ0n) is 25.7. The lowest BCUT2D eigenvalue weighted by Crippen LogP contribution is -2.55. The van der Waals surface area contributed by atoms with Gasteiger partial charge in [0.1, 0.15) is 18.4 Å². The van der Waals surface area contributed by atoms with Gasteiger partial charge in [0.15, 0.2) is 0 Å². The van der Waals surface area contributed by atoms with E-state index in [0.29, 0.717) is 0 Å². The molecule has 246 valence electrons. The molecule has 0 unspecified atom stereocenters. The maximum atomic E-state index is 14.6. The lowest BCUT2D eigenvalue weighted by molar-refractivity contribution is -0.140. The highest BCUT2D eigenvalue weighted by Gasteiger charge is 2.35. The molecule has 0 radical (unpaired) electrons. The number of rotatable bonds is 12. The van der Waals surface area contributed by atoms with Crippen LogP contribution in [0.1, 0.15) is 43.2 Å². The Morgan fingerprint density at radius 2 is 1.53 bits per heavy atom. The molecule has 1 aliphatic carbocycles. The van der Waals surface area contributed by atoms with Crippen LogP contribution < -0.4 is 9.62 Å². The van der Waals surface area contributed by atoms with Crippen LogP contribution in [0.25, 0.3) is 0 Å². The third kappa shape index (κ3) is 9.00. The van der Waals surface area contributed by atoms with E-state index in [4.69, 9.17) is 11.6 Å². The van der Waals surface area contributed by atoms with Crippen LogP contribution in [-0.4, -0.2) is 43.8 Å². The summed E-state index contributed by atoms with van der Waals surface area (Å²) in [6.45, 7) is -0.619. The first-order valence-electron chi connectivity index (χ1n) is 15.5. The minimum Gasteiger partial charge on any atom is -0.352 e. The summed E-state index contributed by atoms with van der Waals surface area (Å²) in [5, 5.41) is 2.90. The second-order valence-electron chi connectivity index (χ2n) is 11.6. The number of carbonyl (C=O) groups is 2. The van der Waals surface area contributed by atoms with Crippen molar-refractivity contribution in [3.8, 4) is 0 Å². The first-order chi connectivity index (χ1) is 22.6. The van der Waals surface area contributed by atoms with E-state index in [0.717, 1.165) is 58.1 Å². The maximum absolute atomic E-state index is 14.6. The Balaban J connectivity index is 1.57. The Labute approximate surface area is 288 Å². The largest absolute Gasteiger partial charge is 0.352 e. The third-order valence-corrected chi connectivity index (χ3v) is 10.8. The van der Waals surface area contributed by atoms with Crippen LogP contribution in [0.4, 0.5) is 10.1 Å². The fourth-order valence-corrected chi connectivity index (χ4v) is 7.87. The van der Waals surface area contributed by atoms with E-state index in [-0.39, 0.29) is 40.5 Å². The molecular weight excluding hydrogens is 705 g/mol. The van der Waals surface area contributed by atoms with Gasteiger partial charge in [0.25, 0.3) is 10.0 Å². The number of amides is 2. The van der Waals surface area contributed by atoms with Crippen LogP contribution in [0, 0.1) is 5.82 Å². The molecule has 4 aromatic carbocycles. The van der Waals surface area contributed by atoms with Gasteiger partial charge < -0.3 is 10.2 Å². The second kappa shape index (κ2) is 15.9. The van der Waals surface area contributed by atoms with Gasteiger partial charge in [0.2, 0.25) is 11.8 Å². The number of halogens is 3. The first kappa shape index (κ1) is 34.6. The highest BCUT2D eigenvalue weighted by molar-refractivity contribution is 9.10. The normalized spacial score (nSPS) is 14.3. The van der Waals surface area contributed by atoms with E-state index in [1.165, 1.54) is 29.2 Å². The molecule has 1 N–H and O–H groups in total. The van der Waals surface area contributed by atoms with Gasteiger partial charge >= 0.3 is 0 Å². The molecule has 0 spiro atoms. The summed E-state index contributed by atoms with van der Waals surface area (Å²) in [4.78, 5) is 30.2. The Bertz CT molecular complexity index is 1790. The van der Waals surface area contributed by atoms with Crippen LogP contribution in [0.5, 0.6) is 0 Å². The summed E-state index contributed by atoms with van der Waals surface area (Å²) in [7, 11) is -4.32. The van der Waals surface area contributed by atoms with Gasteiger partial charge in [-0.1, -0.05) is 107 Å². The average Bonchev–Trinajstić information content (AvgIpc) is 3.07. The molecule has 5 rings (SSSR count). The van der Waals surface area contributed by atoms with Crippen molar-refractivity contribution in [3.63, 3.8) is 0 Å². The van der Waals surface area contributed by atoms with Crippen molar-refractivity contribution in [2.45, 2.75) is 62.0 Å². The summed E-state index contributed by atoms with van der Waals surface area (Å²) < 4.78 is 44.1. The predicted molar refractivity (Wildman–Crippen MR) is 186 cm³/mol. The minimum absolute atomic E-state index is 0.00587. The van der Waals surface area contributed by atoms with E-state index in [2.05, 4.69) is 21.2 Å². The van der Waals surface area contributed by atoms with Gasteiger partial charge in [0.05, 0.1) is 15.6 Å². The SMILES string of the molecule is O=C(NC1CCCCC1)[C@H](Cc1ccccc1)N(Cc1cccc(Br)c1)C(=O)CN(c1ccc(F)c(Cl)c1)S(=O)(=O)c1ccccc1. The summed E-state index contributed by atoms with van der Waals surface area (Å²) in [5.74, 6) is -1.63. The van der Waals surface area contributed by atoms with E-state index >= 15 is 0 Å². The molecule has 11 heteroatoms. The number of anilines is 1. The van der Waals surface area contributed by atoms with Gasteiger partial charge in [-0.2, -0.15) is 0 Å². The molecule has 0 aliphatic heterocycles. The predicted octanol–water partition coefficient (Wildman–Crippen LogP) is 7.53. The summed E-state index contributed by atoms with van der Waals surface area (Å²) in [6, 6.07) is 27.1. The standard InChI is InChI=1S/C36H36BrClFN3O4S/c37-28-14-10-13-27(21-28)24-41(34(22-26-11-4-1-5-12-26)36(44)40-29-15-6-2-7-16-29)35(43)25-42(30-19-20-33(39)32(38)23-30)47(45,46)31-17-8-3-9-18-31/h1,3-5,8-14,17-21,23,29,34H,2,6-7,15-16,22,24-25H2,(H,40,44)/t34-/m0/s1. The van der Waals surface area contributed by atoms with Gasteiger partial charge in [-0.05, 0) is 66.4 Å².